The van der Waals surface area contributed by atoms with E-state index in [-0.39, 0.29) is 17.9 Å². The van der Waals surface area contributed by atoms with Gasteiger partial charge in [0.05, 0.1) is 6.04 Å². The van der Waals surface area contributed by atoms with E-state index in [1.165, 1.54) is 17.7 Å². The van der Waals surface area contributed by atoms with Crippen LogP contribution in [0.1, 0.15) is 23.6 Å². The lowest BCUT2D eigenvalue weighted by atomic mass is 10.0. The summed E-state index contributed by atoms with van der Waals surface area (Å²) in [4.78, 5) is 2.38. The van der Waals surface area contributed by atoms with Gasteiger partial charge >= 0.3 is 0 Å². The molecule has 0 aliphatic carbocycles. The minimum Gasteiger partial charge on any atom is -0.326 e. The lowest BCUT2D eigenvalue weighted by molar-refractivity contribution is 0.239. The molecule has 2 atom stereocenters. The SMILES string of the molecule is NC1CCN(Cc2ccccc2)C1c1ccc(F)cc1. The maximum Gasteiger partial charge on any atom is 0.123 e. The highest BCUT2D eigenvalue weighted by molar-refractivity contribution is 5.24. The summed E-state index contributed by atoms with van der Waals surface area (Å²) in [6.45, 7) is 1.87. The molecule has 104 valence electrons. The van der Waals surface area contributed by atoms with E-state index in [0.29, 0.717) is 0 Å². The molecular weight excluding hydrogens is 251 g/mol. The highest BCUT2D eigenvalue weighted by Gasteiger charge is 2.32. The molecule has 0 aromatic heterocycles. The van der Waals surface area contributed by atoms with Gasteiger partial charge in [0.2, 0.25) is 0 Å². The van der Waals surface area contributed by atoms with Crippen LogP contribution in [0.3, 0.4) is 0 Å². The number of hydrogen-bond donors (Lipinski definition) is 1. The molecule has 2 aromatic rings. The van der Waals surface area contributed by atoms with Crippen LogP contribution in [0.2, 0.25) is 0 Å². The molecule has 0 radical (unpaired) electrons. The fourth-order valence-corrected chi connectivity index (χ4v) is 3.00. The first kappa shape index (κ1) is 13.3. The van der Waals surface area contributed by atoms with Gasteiger partial charge in [0.1, 0.15) is 5.82 Å². The first-order valence-corrected chi connectivity index (χ1v) is 7.03. The summed E-state index contributed by atoms with van der Waals surface area (Å²) >= 11 is 0. The van der Waals surface area contributed by atoms with Crippen LogP contribution in [0.15, 0.2) is 54.6 Å². The summed E-state index contributed by atoms with van der Waals surface area (Å²) in [7, 11) is 0. The van der Waals surface area contributed by atoms with Crippen molar-refractivity contribution in [1.82, 2.24) is 4.90 Å². The van der Waals surface area contributed by atoms with Crippen LogP contribution in [-0.2, 0) is 6.54 Å². The van der Waals surface area contributed by atoms with Gasteiger partial charge in [-0.3, -0.25) is 4.90 Å². The van der Waals surface area contributed by atoms with E-state index < -0.39 is 0 Å². The topological polar surface area (TPSA) is 29.3 Å². The Hall–Kier alpha value is -1.71. The van der Waals surface area contributed by atoms with Crippen LogP contribution in [0.5, 0.6) is 0 Å². The fourth-order valence-electron chi connectivity index (χ4n) is 3.00. The summed E-state index contributed by atoms with van der Waals surface area (Å²) in [5, 5.41) is 0. The molecule has 1 fully saturated rings. The van der Waals surface area contributed by atoms with Crippen LogP contribution in [-0.4, -0.2) is 17.5 Å². The third-order valence-corrected chi connectivity index (χ3v) is 3.99. The van der Waals surface area contributed by atoms with Crippen molar-refractivity contribution in [2.75, 3.05) is 6.54 Å². The Kier molecular flexibility index (Phi) is 3.81. The molecule has 2 unspecified atom stereocenters. The largest absolute Gasteiger partial charge is 0.326 e. The van der Waals surface area contributed by atoms with Crippen LogP contribution in [0.4, 0.5) is 4.39 Å². The molecule has 0 saturated carbocycles. The Morgan fingerprint density at radius 3 is 2.45 bits per heavy atom. The van der Waals surface area contributed by atoms with Crippen molar-refractivity contribution in [2.24, 2.45) is 5.73 Å². The Labute approximate surface area is 119 Å². The maximum atomic E-state index is 13.1. The van der Waals surface area contributed by atoms with E-state index in [9.17, 15) is 4.39 Å². The molecular formula is C17H19FN2. The number of likely N-dealkylation sites (tertiary alicyclic amines) is 1. The second-order valence-electron chi connectivity index (χ2n) is 5.40. The van der Waals surface area contributed by atoms with Crippen LogP contribution in [0, 0.1) is 5.82 Å². The summed E-state index contributed by atoms with van der Waals surface area (Å²) in [6.07, 6.45) is 0.981. The van der Waals surface area contributed by atoms with Gasteiger partial charge in [-0.15, -0.1) is 0 Å². The highest BCUT2D eigenvalue weighted by Crippen LogP contribution is 2.32. The maximum absolute atomic E-state index is 13.1. The standard InChI is InChI=1S/C17H19FN2/c18-15-8-6-14(7-9-15)17-16(19)10-11-20(17)12-13-4-2-1-3-5-13/h1-9,16-17H,10-12,19H2. The van der Waals surface area contributed by atoms with Crippen molar-refractivity contribution in [3.63, 3.8) is 0 Å². The quantitative estimate of drug-likeness (QED) is 0.928. The molecule has 1 heterocycles. The zero-order valence-electron chi connectivity index (χ0n) is 11.4. The third-order valence-electron chi connectivity index (χ3n) is 3.99. The lowest BCUT2D eigenvalue weighted by Gasteiger charge is -2.27. The second kappa shape index (κ2) is 5.73. The van der Waals surface area contributed by atoms with Gasteiger partial charge in [0.25, 0.3) is 0 Å². The van der Waals surface area contributed by atoms with Crippen molar-refractivity contribution in [3.05, 3.63) is 71.5 Å². The first-order valence-electron chi connectivity index (χ1n) is 7.03. The molecule has 1 aliphatic rings. The molecule has 0 spiro atoms. The van der Waals surface area contributed by atoms with E-state index in [4.69, 9.17) is 5.73 Å². The monoisotopic (exact) mass is 270 g/mol. The van der Waals surface area contributed by atoms with Crippen molar-refractivity contribution in [2.45, 2.75) is 25.0 Å². The minimum atomic E-state index is -0.199. The zero-order valence-corrected chi connectivity index (χ0v) is 11.4. The summed E-state index contributed by atoms with van der Waals surface area (Å²) in [6, 6.07) is 17.4. The van der Waals surface area contributed by atoms with Crippen molar-refractivity contribution in [1.29, 1.82) is 0 Å². The van der Waals surface area contributed by atoms with E-state index in [1.807, 2.05) is 18.2 Å². The Morgan fingerprint density at radius 2 is 1.75 bits per heavy atom. The molecule has 0 amide bonds. The number of rotatable bonds is 3. The van der Waals surface area contributed by atoms with Crippen LogP contribution < -0.4 is 5.73 Å². The Bertz CT molecular complexity index is 553. The lowest BCUT2D eigenvalue weighted by Crippen LogP contribution is -2.31. The van der Waals surface area contributed by atoms with Crippen LogP contribution >= 0.6 is 0 Å². The average molecular weight is 270 g/mol. The minimum absolute atomic E-state index is 0.115. The molecule has 1 saturated heterocycles. The summed E-state index contributed by atoms with van der Waals surface area (Å²) in [5.41, 5.74) is 8.65. The predicted octanol–water partition coefficient (Wildman–Crippen LogP) is 3.10. The van der Waals surface area contributed by atoms with E-state index >= 15 is 0 Å². The smallest absolute Gasteiger partial charge is 0.123 e. The molecule has 3 rings (SSSR count). The van der Waals surface area contributed by atoms with Crippen molar-refractivity contribution in [3.8, 4) is 0 Å². The Balaban J connectivity index is 1.81. The molecule has 2 nitrogen and oxygen atoms in total. The third kappa shape index (κ3) is 2.74. The summed E-state index contributed by atoms with van der Waals surface area (Å²) in [5.74, 6) is -0.199. The van der Waals surface area contributed by atoms with Gasteiger partial charge in [-0.2, -0.15) is 0 Å². The number of nitrogens with zero attached hydrogens (tertiary/aromatic N) is 1. The van der Waals surface area contributed by atoms with Gasteiger partial charge in [-0.1, -0.05) is 42.5 Å². The van der Waals surface area contributed by atoms with Gasteiger partial charge in [0.15, 0.2) is 0 Å². The number of hydrogen-bond acceptors (Lipinski definition) is 2. The van der Waals surface area contributed by atoms with Gasteiger partial charge < -0.3 is 5.73 Å². The number of benzene rings is 2. The number of halogens is 1. The Morgan fingerprint density at radius 1 is 1.05 bits per heavy atom. The highest BCUT2D eigenvalue weighted by atomic mass is 19.1. The predicted molar refractivity (Wildman–Crippen MR) is 78.6 cm³/mol. The molecule has 2 N–H and O–H groups in total. The van der Waals surface area contributed by atoms with Crippen LogP contribution in [0.25, 0.3) is 0 Å². The van der Waals surface area contributed by atoms with Crippen molar-refractivity contribution >= 4 is 0 Å². The second-order valence-corrected chi connectivity index (χ2v) is 5.40. The van der Waals surface area contributed by atoms with E-state index in [1.54, 1.807) is 0 Å². The zero-order chi connectivity index (χ0) is 13.9. The van der Waals surface area contributed by atoms with E-state index in [0.717, 1.165) is 25.1 Å². The van der Waals surface area contributed by atoms with Crippen molar-refractivity contribution < 1.29 is 4.39 Å². The molecule has 3 heteroatoms. The fraction of sp³-hybridized carbons (Fsp3) is 0.294. The number of nitrogens with two attached hydrogens (primary N) is 1. The van der Waals surface area contributed by atoms with E-state index in [2.05, 4.69) is 29.2 Å². The first-order chi connectivity index (χ1) is 9.74. The van der Waals surface area contributed by atoms with Gasteiger partial charge in [-0.05, 0) is 29.7 Å². The molecule has 1 aliphatic heterocycles. The molecule has 20 heavy (non-hydrogen) atoms. The average Bonchev–Trinajstić information content (AvgIpc) is 2.82. The van der Waals surface area contributed by atoms with Gasteiger partial charge in [0, 0.05) is 19.1 Å². The molecule has 2 aromatic carbocycles. The normalized spacial score (nSPS) is 23.1. The van der Waals surface area contributed by atoms with Gasteiger partial charge in [-0.25, -0.2) is 4.39 Å². The summed E-state index contributed by atoms with van der Waals surface area (Å²) < 4.78 is 13.1. The molecule has 0 bridgehead atoms.